The maximum Gasteiger partial charge on any atom is 0.226 e. The van der Waals surface area contributed by atoms with Crippen LogP contribution in [0.5, 0.6) is 0 Å². The molecule has 2 heterocycles. The highest BCUT2D eigenvalue weighted by molar-refractivity contribution is 7.90. The highest BCUT2D eigenvalue weighted by Gasteiger charge is 2.46. The number of hydrogen-bond acceptors (Lipinski definition) is 4. The average Bonchev–Trinajstić information content (AvgIpc) is 3.03. The van der Waals surface area contributed by atoms with E-state index in [9.17, 15) is 13.2 Å². The maximum atomic E-state index is 11.9. The Morgan fingerprint density at radius 3 is 2.74 bits per heavy atom. The van der Waals surface area contributed by atoms with Gasteiger partial charge in [-0.2, -0.15) is 4.31 Å². The van der Waals surface area contributed by atoms with Crippen LogP contribution in [0.25, 0.3) is 0 Å². The number of hydrogen-bond donors (Lipinski definition) is 1. The zero-order valence-electron chi connectivity index (χ0n) is 10.4. The topological polar surface area (TPSA) is 79.6 Å². The molecule has 19 heavy (non-hydrogen) atoms. The zero-order chi connectivity index (χ0) is 13.5. The largest absolute Gasteiger partial charge is 0.467 e. The van der Waals surface area contributed by atoms with Crippen molar-refractivity contribution in [2.45, 2.75) is 24.6 Å². The van der Waals surface area contributed by atoms with Crippen LogP contribution < -0.4 is 5.32 Å². The van der Waals surface area contributed by atoms with Gasteiger partial charge in [-0.25, -0.2) is 8.42 Å². The van der Waals surface area contributed by atoms with E-state index in [-0.39, 0.29) is 17.1 Å². The molecule has 1 aromatic rings. The van der Waals surface area contributed by atoms with E-state index < -0.39 is 10.0 Å². The third kappa shape index (κ3) is 2.52. The van der Waals surface area contributed by atoms with Crippen molar-refractivity contribution in [2.24, 2.45) is 5.92 Å². The first-order valence-corrected chi connectivity index (χ1v) is 7.87. The summed E-state index contributed by atoms with van der Waals surface area (Å²) in [6.07, 6.45) is 3.07. The van der Waals surface area contributed by atoms with Crippen molar-refractivity contribution >= 4 is 15.9 Å². The minimum Gasteiger partial charge on any atom is -0.467 e. The van der Waals surface area contributed by atoms with E-state index in [1.165, 1.54) is 4.31 Å². The van der Waals surface area contributed by atoms with Crippen LogP contribution >= 0.6 is 0 Å². The molecule has 0 radical (unpaired) electrons. The van der Waals surface area contributed by atoms with Gasteiger partial charge in [0.05, 0.1) is 24.0 Å². The van der Waals surface area contributed by atoms with Gasteiger partial charge in [0.1, 0.15) is 5.76 Å². The molecule has 1 aliphatic heterocycles. The molecule has 6 nitrogen and oxygen atoms in total. The van der Waals surface area contributed by atoms with Crippen molar-refractivity contribution in [3.05, 3.63) is 24.2 Å². The quantitative estimate of drug-likeness (QED) is 0.844. The first-order chi connectivity index (χ1) is 9.07. The third-order valence-electron chi connectivity index (χ3n) is 3.54. The van der Waals surface area contributed by atoms with E-state index in [4.69, 9.17) is 4.42 Å². The molecule has 1 amide bonds. The predicted molar refractivity (Wildman–Crippen MR) is 67.6 cm³/mol. The summed E-state index contributed by atoms with van der Waals surface area (Å²) in [5.74, 6) is 0.345. The van der Waals surface area contributed by atoms with E-state index in [1.807, 2.05) is 0 Å². The highest BCUT2D eigenvalue weighted by atomic mass is 32.2. The molecular formula is C12H16N2O4S. The van der Waals surface area contributed by atoms with Crippen molar-refractivity contribution in [3.63, 3.8) is 0 Å². The van der Waals surface area contributed by atoms with E-state index in [2.05, 4.69) is 5.32 Å². The Balaban J connectivity index is 1.46. The summed E-state index contributed by atoms with van der Waals surface area (Å²) in [5, 5.41) is 2.55. The van der Waals surface area contributed by atoms with Gasteiger partial charge in [0.2, 0.25) is 15.9 Å². The Bertz CT molecular complexity index is 557. The minimum atomic E-state index is -3.12. The standard InChI is InChI=1S/C12H16N2O4S/c15-12(13-6-10-2-1-5-18-10)9-7-14(8-9)19(16,17)11-3-4-11/h1-2,5,9,11H,3-4,6-8H2,(H,13,15). The summed E-state index contributed by atoms with van der Waals surface area (Å²) in [6.45, 7) is 0.962. The maximum absolute atomic E-state index is 11.9. The lowest BCUT2D eigenvalue weighted by Crippen LogP contribution is -2.56. The summed E-state index contributed by atoms with van der Waals surface area (Å²) in [6, 6.07) is 3.54. The van der Waals surface area contributed by atoms with Crippen LogP contribution in [0.2, 0.25) is 0 Å². The smallest absolute Gasteiger partial charge is 0.226 e. The molecular weight excluding hydrogens is 268 g/mol. The van der Waals surface area contributed by atoms with Crippen LogP contribution in [0.4, 0.5) is 0 Å². The second kappa shape index (κ2) is 4.64. The number of nitrogens with one attached hydrogen (secondary N) is 1. The Hall–Kier alpha value is -1.34. The monoisotopic (exact) mass is 284 g/mol. The molecule has 1 saturated heterocycles. The lowest BCUT2D eigenvalue weighted by molar-refractivity contribution is -0.128. The molecule has 1 aromatic heterocycles. The van der Waals surface area contributed by atoms with E-state index in [0.717, 1.165) is 12.8 Å². The van der Waals surface area contributed by atoms with E-state index in [1.54, 1.807) is 18.4 Å². The minimum absolute atomic E-state index is 0.112. The Morgan fingerprint density at radius 1 is 1.42 bits per heavy atom. The van der Waals surface area contributed by atoms with Crippen molar-refractivity contribution in [2.75, 3.05) is 13.1 Å². The number of rotatable bonds is 5. The lowest BCUT2D eigenvalue weighted by atomic mass is 10.0. The number of furan rings is 1. The molecule has 104 valence electrons. The van der Waals surface area contributed by atoms with Gasteiger partial charge in [-0.1, -0.05) is 0 Å². The van der Waals surface area contributed by atoms with Gasteiger partial charge in [-0.3, -0.25) is 4.79 Å². The van der Waals surface area contributed by atoms with E-state index >= 15 is 0 Å². The first kappa shape index (κ1) is 12.7. The number of sulfonamides is 1. The summed E-state index contributed by atoms with van der Waals surface area (Å²) < 4.78 is 30.3. The molecule has 2 fully saturated rings. The second-order valence-corrected chi connectivity index (χ2v) is 7.27. The molecule has 1 aliphatic carbocycles. The van der Waals surface area contributed by atoms with Crippen LogP contribution in [0, 0.1) is 5.92 Å². The summed E-state index contributed by atoms with van der Waals surface area (Å²) >= 11 is 0. The van der Waals surface area contributed by atoms with Crippen molar-refractivity contribution in [1.82, 2.24) is 9.62 Å². The predicted octanol–water partition coefficient (Wildman–Crippen LogP) is 0.320. The summed E-state index contributed by atoms with van der Waals surface area (Å²) in [7, 11) is -3.12. The van der Waals surface area contributed by atoms with Gasteiger partial charge >= 0.3 is 0 Å². The summed E-state index contributed by atoms with van der Waals surface area (Å²) in [4.78, 5) is 11.8. The van der Waals surface area contributed by atoms with Crippen LogP contribution in [0.1, 0.15) is 18.6 Å². The van der Waals surface area contributed by atoms with Gasteiger partial charge in [-0.05, 0) is 25.0 Å². The van der Waals surface area contributed by atoms with Gasteiger partial charge in [0.25, 0.3) is 0 Å². The first-order valence-electron chi connectivity index (χ1n) is 6.36. The van der Waals surface area contributed by atoms with Gasteiger partial charge in [0.15, 0.2) is 0 Å². The molecule has 1 N–H and O–H groups in total. The molecule has 0 aromatic carbocycles. The van der Waals surface area contributed by atoms with Crippen molar-refractivity contribution in [3.8, 4) is 0 Å². The van der Waals surface area contributed by atoms with Crippen LogP contribution in [0.15, 0.2) is 22.8 Å². The summed E-state index contributed by atoms with van der Waals surface area (Å²) in [5.41, 5.74) is 0. The number of amides is 1. The average molecular weight is 284 g/mol. The normalized spacial score (nSPS) is 21.1. The van der Waals surface area contributed by atoms with Crippen LogP contribution in [-0.4, -0.2) is 37.0 Å². The van der Waals surface area contributed by atoms with Crippen LogP contribution in [-0.2, 0) is 21.4 Å². The lowest BCUT2D eigenvalue weighted by Gasteiger charge is -2.37. The fourth-order valence-corrected chi connectivity index (χ4v) is 4.05. The Kier molecular flexibility index (Phi) is 3.10. The van der Waals surface area contributed by atoms with Crippen LogP contribution in [0.3, 0.4) is 0 Å². The second-order valence-electron chi connectivity index (χ2n) is 5.06. The number of nitrogens with zero attached hydrogens (tertiary/aromatic N) is 1. The molecule has 0 spiro atoms. The SMILES string of the molecule is O=C(NCc1ccco1)C1CN(S(=O)(=O)C2CC2)C1. The fraction of sp³-hybridized carbons (Fsp3) is 0.583. The number of carbonyl (C=O) groups excluding carboxylic acids is 1. The zero-order valence-corrected chi connectivity index (χ0v) is 11.2. The molecule has 2 aliphatic rings. The molecule has 0 atom stereocenters. The molecule has 3 rings (SSSR count). The van der Waals surface area contributed by atoms with Gasteiger partial charge < -0.3 is 9.73 Å². The van der Waals surface area contributed by atoms with Gasteiger partial charge in [0, 0.05) is 13.1 Å². The van der Waals surface area contributed by atoms with E-state index in [0.29, 0.717) is 25.4 Å². The Labute approximate surface area is 111 Å². The third-order valence-corrected chi connectivity index (χ3v) is 5.87. The van der Waals surface area contributed by atoms with Gasteiger partial charge in [-0.15, -0.1) is 0 Å². The number of carbonyl (C=O) groups is 1. The Morgan fingerprint density at radius 2 is 2.16 bits per heavy atom. The van der Waals surface area contributed by atoms with Crippen molar-refractivity contribution < 1.29 is 17.6 Å². The molecule has 1 saturated carbocycles. The molecule has 0 bridgehead atoms. The fourth-order valence-electron chi connectivity index (χ4n) is 2.12. The van der Waals surface area contributed by atoms with Crippen molar-refractivity contribution in [1.29, 1.82) is 0 Å². The molecule has 0 unspecified atom stereocenters. The molecule has 7 heteroatoms. The highest BCUT2D eigenvalue weighted by Crippen LogP contribution is 2.34.